The zero-order chi connectivity index (χ0) is 20.1. The number of hydrogen-bond donors (Lipinski definition) is 0. The summed E-state index contributed by atoms with van der Waals surface area (Å²) in [6, 6.07) is 27.2. The van der Waals surface area contributed by atoms with Gasteiger partial charge in [-0.05, 0) is 60.4 Å². The minimum absolute atomic E-state index is 0.108. The van der Waals surface area contributed by atoms with Gasteiger partial charge in [0.05, 0.1) is 23.7 Å². The predicted molar refractivity (Wildman–Crippen MR) is 114 cm³/mol. The summed E-state index contributed by atoms with van der Waals surface area (Å²) < 4.78 is 5.79. The van der Waals surface area contributed by atoms with E-state index in [1.165, 1.54) is 0 Å². The van der Waals surface area contributed by atoms with Crippen molar-refractivity contribution < 1.29 is 9.53 Å². The molecule has 0 spiro atoms. The van der Waals surface area contributed by atoms with Crippen molar-refractivity contribution in [1.29, 1.82) is 5.26 Å². The van der Waals surface area contributed by atoms with Gasteiger partial charge in [0.15, 0.2) is 0 Å². The fourth-order valence-electron chi connectivity index (χ4n) is 3.69. The van der Waals surface area contributed by atoms with E-state index in [1.807, 2.05) is 48.5 Å². The van der Waals surface area contributed by atoms with E-state index in [0.29, 0.717) is 11.1 Å². The maximum absolute atomic E-state index is 12.6. The van der Waals surface area contributed by atoms with Crippen molar-refractivity contribution >= 4 is 11.7 Å². The van der Waals surface area contributed by atoms with E-state index in [9.17, 15) is 4.79 Å². The highest BCUT2D eigenvalue weighted by Crippen LogP contribution is 2.23. The van der Waals surface area contributed by atoms with E-state index in [4.69, 9.17) is 10.00 Å². The van der Waals surface area contributed by atoms with Crippen molar-refractivity contribution in [2.45, 2.75) is 18.9 Å². The fourth-order valence-corrected chi connectivity index (χ4v) is 3.69. The smallest absolute Gasteiger partial charge is 0.338 e. The minimum atomic E-state index is -0.290. The molecule has 1 saturated heterocycles. The number of esters is 1. The van der Waals surface area contributed by atoms with E-state index in [0.717, 1.165) is 42.7 Å². The Morgan fingerprint density at radius 1 is 0.966 bits per heavy atom. The zero-order valence-electron chi connectivity index (χ0n) is 16.1. The van der Waals surface area contributed by atoms with Gasteiger partial charge in [0, 0.05) is 12.2 Å². The molecule has 1 aliphatic rings. The van der Waals surface area contributed by atoms with Crippen molar-refractivity contribution in [2.75, 3.05) is 18.0 Å². The van der Waals surface area contributed by atoms with Crippen LogP contribution in [0.25, 0.3) is 11.1 Å². The molecule has 1 fully saturated rings. The van der Waals surface area contributed by atoms with Crippen LogP contribution in [0.5, 0.6) is 0 Å². The Labute approximate surface area is 171 Å². The number of nitrogens with zero attached hydrogens (tertiary/aromatic N) is 2. The van der Waals surface area contributed by atoms with Crippen LogP contribution >= 0.6 is 0 Å². The van der Waals surface area contributed by atoms with Gasteiger partial charge in [0.2, 0.25) is 0 Å². The molecule has 144 valence electrons. The Kier molecular flexibility index (Phi) is 5.58. The molecule has 29 heavy (non-hydrogen) atoms. The number of benzene rings is 3. The number of nitriles is 1. The topological polar surface area (TPSA) is 53.3 Å². The molecule has 1 unspecified atom stereocenters. The normalized spacial score (nSPS) is 16.1. The van der Waals surface area contributed by atoms with Gasteiger partial charge in [-0.25, -0.2) is 4.79 Å². The molecule has 4 heteroatoms. The van der Waals surface area contributed by atoms with Crippen LogP contribution in [0.2, 0.25) is 0 Å². The van der Waals surface area contributed by atoms with E-state index < -0.39 is 0 Å². The summed E-state index contributed by atoms with van der Waals surface area (Å²) in [5.41, 5.74) is 4.24. The quantitative estimate of drug-likeness (QED) is 0.593. The minimum Gasteiger partial charge on any atom is -0.457 e. The first-order chi connectivity index (χ1) is 14.2. The lowest BCUT2D eigenvalue weighted by Gasteiger charge is -2.34. The van der Waals surface area contributed by atoms with E-state index in [1.54, 1.807) is 18.2 Å². The molecule has 0 saturated carbocycles. The second-order valence-electron chi connectivity index (χ2n) is 7.22. The molecular weight excluding hydrogens is 360 g/mol. The number of piperidine rings is 1. The van der Waals surface area contributed by atoms with Crippen LogP contribution in [-0.4, -0.2) is 25.2 Å². The van der Waals surface area contributed by atoms with Gasteiger partial charge in [-0.1, -0.05) is 42.5 Å². The Balaban J connectivity index is 1.41. The molecule has 3 aromatic rings. The molecule has 0 bridgehead atoms. The summed E-state index contributed by atoms with van der Waals surface area (Å²) >= 11 is 0. The highest BCUT2D eigenvalue weighted by Gasteiger charge is 2.23. The van der Waals surface area contributed by atoms with Gasteiger partial charge in [-0.2, -0.15) is 5.26 Å². The molecule has 0 aromatic heterocycles. The molecule has 0 N–H and O–H groups in total. The van der Waals surface area contributed by atoms with Crippen molar-refractivity contribution in [3.05, 3.63) is 90.0 Å². The number of para-hydroxylation sites is 1. The molecule has 0 aliphatic carbocycles. The van der Waals surface area contributed by atoms with Gasteiger partial charge in [0.25, 0.3) is 0 Å². The van der Waals surface area contributed by atoms with Gasteiger partial charge in [0.1, 0.15) is 6.10 Å². The number of ether oxygens (including phenoxy) is 1. The molecule has 3 aromatic carbocycles. The molecule has 1 atom stereocenters. The number of anilines is 1. The zero-order valence-corrected chi connectivity index (χ0v) is 16.1. The van der Waals surface area contributed by atoms with Crippen LogP contribution in [-0.2, 0) is 4.74 Å². The summed E-state index contributed by atoms with van der Waals surface area (Å²) in [7, 11) is 0. The van der Waals surface area contributed by atoms with Crippen LogP contribution in [0.3, 0.4) is 0 Å². The molecule has 1 aliphatic heterocycles. The van der Waals surface area contributed by atoms with E-state index >= 15 is 0 Å². The highest BCUT2D eigenvalue weighted by atomic mass is 16.5. The van der Waals surface area contributed by atoms with Gasteiger partial charge >= 0.3 is 5.97 Å². The summed E-state index contributed by atoms with van der Waals surface area (Å²) in [5.74, 6) is -0.290. The first-order valence-electron chi connectivity index (χ1n) is 9.84. The van der Waals surface area contributed by atoms with E-state index in [-0.39, 0.29) is 12.1 Å². The average Bonchev–Trinajstić information content (AvgIpc) is 2.80. The third-order valence-corrected chi connectivity index (χ3v) is 5.22. The average molecular weight is 382 g/mol. The third kappa shape index (κ3) is 4.47. The van der Waals surface area contributed by atoms with Crippen LogP contribution in [0.15, 0.2) is 78.9 Å². The van der Waals surface area contributed by atoms with Crippen molar-refractivity contribution in [3.8, 4) is 17.2 Å². The van der Waals surface area contributed by atoms with Gasteiger partial charge in [-0.3, -0.25) is 0 Å². The summed E-state index contributed by atoms with van der Waals surface area (Å²) in [5, 5.41) is 9.06. The number of carbonyl (C=O) groups excluding carboxylic acids is 1. The Hall–Kier alpha value is -3.58. The van der Waals surface area contributed by atoms with Crippen LogP contribution in [0.4, 0.5) is 5.69 Å². The standard InChI is InChI=1S/C25H22N2O2/c26-17-19-6-4-7-22(16-19)20-11-13-21(14-12-20)25(28)29-24-10-5-15-27(18-24)23-8-2-1-3-9-23/h1-4,6-9,11-14,16,24H,5,10,15,18H2. The number of carbonyl (C=O) groups is 1. The fraction of sp³-hybridized carbons (Fsp3) is 0.200. The Morgan fingerprint density at radius 2 is 1.76 bits per heavy atom. The Bertz CT molecular complexity index is 1020. The molecular formula is C25H22N2O2. The van der Waals surface area contributed by atoms with E-state index in [2.05, 4.69) is 23.1 Å². The van der Waals surface area contributed by atoms with Crippen molar-refractivity contribution in [2.24, 2.45) is 0 Å². The first-order valence-corrected chi connectivity index (χ1v) is 9.84. The highest BCUT2D eigenvalue weighted by molar-refractivity contribution is 5.90. The SMILES string of the molecule is N#Cc1cccc(-c2ccc(C(=O)OC3CCCN(c4ccccc4)C3)cc2)c1. The molecule has 4 rings (SSSR count). The summed E-state index contributed by atoms with van der Waals surface area (Å²) in [4.78, 5) is 14.9. The second kappa shape index (κ2) is 8.62. The maximum Gasteiger partial charge on any atom is 0.338 e. The molecule has 4 nitrogen and oxygen atoms in total. The van der Waals surface area contributed by atoms with Crippen molar-refractivity contribution in [1.82, 2.24) is 0 Å². The lowest BCUT2D eigenvalue weighted by Crippen LogP contribution is -2.40. The van der Waals surface area contributed by atoms with Crippen LogP contribution in [0.1, 0.15) is 28.8 Å². The second-order valence-corrected chi connectivity index (χ2v) is 7.22. The van der Waals surface area contributed by atoms with Crippen molar-refractivity contribution in [3.63, 3.8) is 0 Å². The molecule has 1 heterocycles. The largest absolute Gasteiger partial charge is 0.457 e. The number of hydrogen-bond acceptors (Lipinski definition) is 4. The monoisotopic (exact) mass is 382 g/mol. The third-order valence-electron chi connectivity index (χ3n) is 5.22. The Morgan fingerprint density at radius 3 is 2.52 bits per heavy atom. The number of rotatable bonds is 4. The lowest BCUT2D eigenvalue weighted by molar-refractivity contribution is 0.0270. The maximum atomic E-state index is 12.6. The molecule has 0 radical (unpaired) electrons. The lowest BCUT2D eigenvalue weighted by atomic mass is 10.0. The van der Waals surface area contributed by atoms with Gasteiger partial charge in [-0.15, -0.1) is 0 Å². The summed E-state index contributed by atoms with van der Waals surface area (Å²) in [6.07, 6.45) is 1.78. The predicted octanol–water partition coefficient (Wildman–Crippen LogP) is 5.05. The van der Waals surface area contributed by atoms with Crippen LogP contribution in [0, 0.1) is 11.3 Å². The van der Waals surface area contributed by atoms with Crippen LogP contribution < -0.4 is 4.90 Å². The van der Waals surface area contributed by atoms with Gasteiger partial charge < -0.3 is 9.64 Å². The summed E-state index contributed by atoms with van der Waals surface area (Å²) in [6.45, 7) is 1.70. The molecule has 0 amide bonds. The first kappa shape index (κ1) is 18.8.